The van der Waals surface area contributed by atoms with E-state index in [-0.39, 0.29) is 0 Å². The molecule has 0 unspecified atom stereocenters. The smallest absolute Gasteiger partial charge is 0.0572 e. The van der Waals surface area contributed by atoms with Gasteiger partial charge in [-0.1, -0.05) is 12.8 Å². The van der Waals surface area contributed by atoms with E-state index in [4.69, 9.17) is 0 Å². The van der Waals surface area contributed by atoms with E-state index in [2.05, 4.69) is 18.2 Å². The summed E-state index contributed by atoms with van der Waals surface area (Å²) in [4.78, 5) is 0. The highest BCUT2D eigenvalue weighted by Crippen LogP contribution is 2.20. The lowest BCUT2D eigenvalue weighted by Gasteiger charge is -2.25. The first-order valence-corrected chi connectivity index (χ1v) is 2.95. The van der Waals surface area contributed by atoms with Crippen molar-refractivity contribution in [1.29, 1.82) is 0 Å². The maximum absolute atomic E-state index is 3.19. The molecule has 2 rings (SSSR count). The number of aryl methyl sites for hydroxylation is 2. The molecule has 0 saturated heterocycles. The summed E-state index contributed by atoms with van der Waals surface area (Å²) in [5.74, 6) is 0. The summed E-state index contributed by atoms with van der Waals surface area (Å²) < 4.78 is 0. The maximum atomic E-state index is 3.19. The standard InChI is InChI=1S/C8H7/c1-2-4-8-6-5-7(8)3-1/h1-3H,5-6H2/q-1. The first-order chi connectivity index (χ1) is 3.97. The van der Waals surface area contributed by atoms with Gasteiger partial charge < -0.3 is 0 Å². The minimum absolute atomic E-state index is 1.25. The number of fused-ring (bicyclic) bond motifs is 1. The van der Waals surface area contributed by atoms with Crippen LogP contribution in [0.2, 0.25) is 0 Å². The lowest BCUT2D eigenvalue weighted by atomic mass is 9.89. The second-order valence-corrected chi connectivity index (χ2v) is 2.17. The van der Waals surface area contributed by atoms with E-state index in [1.54, 1.807) is 0 Å². The van der Waals surface area contributed by atoms with Crippen LogP contribution in [-0.2, 0) is 12.8 Å². The molecule has 0 aromatic heterocycles. The summed E-state index contributed by atoms with van der Waals surface area (Å²) in [6.45, 7) is 0. The molecule has 0 bridgehead atoms. The highest BCUT2D eigenvalue weighted by Gasteiger charge is 2.00. The maximum Gasteiger partial charge on any atom is -0.0572 e. The molecule has 40 valence electrons. The third kappa shape index (κ3) is 0.401. The van der Waals surface area contributed by atoms with Gasteiger partial charge in [0.25, 0.3) is 0 Å². The molecule has 1 aliphatic carbocycles. The predicted octanol–water partition coefficient (Wildman–Crippen LogP) is 1.59. The highest BCUT2D eigenvalue weighted by molar-refractivity contribution is 5.33. The Balaban J connectivity index is 2.62. The molecule has 1 aromatic carbocycles. The topological polar surface area (TPSA) is 0 Å². The summed E-state index contributed by atoms with van der Waals surface area (Å²) in [5, 5.41) is 0. The largest absolute Gasteiger partial charge is 0.180 e. The van der Waals surface area contributed by atoms with Crippen molar-refractivity contribution in [2.75, 3.05) is 0 Å². The fraction of sp³-hybridized carbons (Fsp3) is 0.250. The number of hydrogen-bond donors (Lipinski definition) is 0. The van der Waals surface area contributed by atoms with Gasteiger partial charge in [0.1, 0.15) is 0 Å². The number of benzene rings is 1. The van der Waals surface area contributed by atoms with Gasteiger partial charge in [0.2, 0.25) is 0 Å². The molecular formula is C8H7-. The van der Waals surface area contributed by atoms with Crippen molar-refractivity contribution < 1.29 is 0 Å². The lowest BCUT2D eigenvalue weighted by molar-refractivity contribution is 0.837. The molecule has 0 atom stereocenters. The zero-order chi connectivity index (χ0) is 5.40. The van der Waals surface area contributed by atoms with E-state index in [1.165, 1.54) is 24.0 Å². The molecule has 0 heterocycles. The zero-order valence-electron chi connectivity index (χ0n) is 4.65. The van der Waals surface area contributed by atoms with Crippen LogP contribution in [0.3, 0.4) is 0 Å². The highest BCUT2D eigenvalue weighted by atomic mass is 14.1. The molecule has 0 aliphatic heterocycles. The van der Waals surface area contributed by atoms with Gasteiger partial charge >= 0.3 is 0 Å². The monoisotopic (exact) mass is 103 g/mol. The second kappa shape index (κ2) is 1.35. The van der Waals surface area contributed by atoms with Gasteiger partial charge in [-0.15, -0.1) is 0 Å². The van der Waals surface area contributed by atoms with E-state index < -0.39 is 0 Å². The molecule has 1 aromatic rings. The average Bonchev–Trinajstić information content (AvgIpc) is 1.72. The molecule has 0 N–H and O–H groups in total. The fourth-order valence-electron chi connectivity index (χ4n) is 1.06. The van der Waals surface area contributed by atoms with Crippen LogP contribution in [0.1, 0.15) is 11.1 Å². The predicted molar refractivity (Wildman–Crippen MR) is 32.7 cm³/mol. The van der Waals surface area contributed by atoms with Gasteiger partial charge in [0, 0.05) is 0 Å². The SMILES string of the molecule is [c-]1cccc2c1CC2. The van der Waals surface area contributed by atoms with E-state index in [1.807, 2.05) is 6.07 Å². The van der Waals surface area contributed by atoms with E-state index in [0.717, 1.165) is 0 Å². The molecule has 1 aliphatic rings. The Morgan fingerprint density at radius 1 is 1.38 bits per heavy atom. The summed E-state index contributed by atoms with van der Waals surface area (Å²) in [6, 6.07) is 9.40. The van der Waals surface area contributed by atoms with Crippen LogP contribution in [-0.4, -0.2) is 0 Å². The van der Waals surface area contributed by atoms with Gasteiger partial charge in [-0.2, -0.15) is 35.4 Å². The fourth-order valence-corrected chi connectivity index (χ4v) is 1.06. The Morgan fingerprint density at radius 2 is 2.38 bits per heavy atom. The first kappa shape index (κ1) is 4.13. The average molecular weight is 103 g/mol. The van der Waals surface area contributed by atoms with E-state index in [9.17, 15) is 0 Å². The van der Waals surface area contributed by atoms with Crippen molar-refractivity contribution in [3.8, 4) is 0 Å². The van der Waals surface area contributed by atoms with Gasteiger partial charge in [-0.25, -0.2) is 0 Å². The third-order valence-electron chi connectivity index (χ3n) is 1.68. The van der Waals surface area contributed by atoms with E-state index >= 15 is 0 Å². The van der Waals surface area contributed by atoms with Crippen LogP contribution in [0.25, 0.3) is 0 Å². The molecular weight excluding hydrogens is 96.1 g/mol. The van der Waals surface area contributed by atoms with Crippen LogP contribution < -0.4 is 0 Å². The Labute approximate surface area is 49.2 Å². The van der Waals surface area contributed by atoms with Crippen molar-refractivity contribution in [1.82, 2.24) is 0 Å². The summed E-state index contributed by atoms with van der Waals surface area (Å²) in [7, 11) is 0. The van der Waals surface area contributed by atoms with Crippen LogP contribution >= 0.6 is 0 Å². The normalized spacial score (nSPS) is 14.5. The minimum Gasteiger partial charge on any atom is -0.180 e. The Hall–Kier alpha value is -0.780. The van der Waals surface area contributed by atoms with Crippen LogP contribution in [0, 0.1) is 6.07 Å². The van der Waals surface area contributed by atoms with Crippen molar-refractivity contribution in [2.24, 2.45) is 0 Å². The molecule has 0 heteroatoms. The number of hydrogen-bond acceptors (Lipinski definition) is 0. The van der Waals surface area contributed by atoms with Crippen molar-refractivity contribution in [3.63, 3.8) is 0 Å². The van der Waals surface area contributed by atoms with Gasteiger partial charge in [0.05, 0.1) is 0 Å². The van der Waals surface area contributed by atoms with Crippen LogP contribution in [0.15, 0.2) is 18.2 Å². The molecule has 0 fully saturated rings. The third-order valence-corrected chi connectivity index (χ3v) is 1.68. The minimum atomic E-state index is 1.25. The summed E-state index contributed by atoms with van der Waals surface area (Å²) >= 11 is 0. The van der Waals surface area contributed by atoms with Crippen molar-refractivity contribution in [2.45, 2.75) is 12.8 Å². The Morgan fingerprint density at radius 3 is 2.75 bits per heavy atom. The molecule has 0 spiro atoms. The van der Waals surface area contributed by atoms with Crippen LogP contribution in [0.5, 0.6) is 0 Å². The zero-order valence-corrected chi connectivity index (χ0v) is 4.65. The molecule has 0 saturated carbocycles. The van der Waals surface area contributed by atoms with Crippen molar-refractivity contribution in [3.05, 3.63) is 35.4 Å². The molecule has 0 nitrogen and oxygen atoms in total. The summed E-state index contributed by atoms with van der Waals surface area (Å²) in [6.07, 6.45) is 2.52. The second-order valence-electron chi connectivity index (χ2n) is 2.17. The number of rotatable bonds is 0. The Kier molecular flexibility index (Phi) is 0.696. The molecule has 8 heavy (non-hydrogen) atoms. The first-order valence-electron chi connectivity index (χ1n) is 2.95. The Bertz CT molecular complexity index is 178. The van der Waals surface area contributed by atoms with Crippen LogP contribution in [0.4, 0.5) is 0 Å². The lowest BCUT2D eigenvalue weighted by Crippen LogP contribution is -2.06. The summed E-state index contributed by atoms with van der Waals surface area (Å²) in [5.41, 5.74) is 2.92. The van der Waals surface area contributed by atoms with Gasteiger partial charge in [0.15, 0.2) is 0 Å². The van der Waals surface area contributed by atoms with Gasteiger partial charge in [-0.3, -0.25) is 0 Å². The van der Waals surface area contributed by atoms with Crippen molar-refractivity contribution >= 4 is 0 Å². The van der Waals surface area contributed by atoms with Gasteiger partial charge in [-0.05, 0) is 0 Å². The quantitative estimate of drug-likeness (QED) is 0.437. The molecule has 0 radical (unpaired) electrons. The molecule has 0 amide bonds. The van der Waals surface area contributed by atoms with E-state index in [0.29, 0.717) is 0 Å².